The van der Waals surface area contributed by atoms with Crippen LogP contribution in [0.2, 0.25) is 5.02 Å². The number of aromatic amines is 1. The fourth-order valence-electron chi connectivity index (χ4n) is 3.09. The maximum Gasteiger partial charge on any atom is 0.260 e. The summed E-state index contributed by atoms with van der Waals surface area (Å²) >= 11 is 7.60. The summed E-state index contributed by atoms with van der Waals surface area (Å²) < 4.78 is 0. The maximum absolute atomic E-state index is 12.6. The minimum Gasteiger partial charge on any atom is -0.306 e. The molecule has 0 atom stereocenters. The standard InChI is InChI=1S/C17H15ClN2OS/c18-11-8-6-10(7-9-11)15-19-16(21)14-12-4-2-1-3-5-13(12)22-17(14)20-15/h6-9H,1-5H2,(H,19,20,21). The van der Waals surface area contributed by atoms with Crippen LogP contribution in [0.15, 0.2) is 29.1 Å². The van der Waals surface area contributed by atoms with Crippen molar-refractivity contribution in [1.29, 1.82) is 0 Å². The average molecular weight is 331 g/mol. The van der Waals surface area contributed by atoms with Crippen LogP contribution in [0.3, 0.4) is 0 Å². The Morgan fingerprint density at radius 1 is 1.09 bits per heavy atom. The van der Waals surface area contributed by atoms with Crippen molar-refractivity contribution >= 4 is 33.2 Å². The molecule has 22 heavy (non-hydrogen) atoms. The lowest BCUT2D eigenvalue weighted by molar-refractivity contribution is 0.713. The van der Waals surface area contributed by atoms with Gasteiger partial charge in [0.15, 0.2) is 0 Å². The summed E-state index contributed by atoms with van der Waals surface area (Å²) in [5.74, 6) is 0.616. The molecule has 0 aliphatic heterocycles. The molecule has 0 radical (unpaired) electrons. The Morgan fingerprint density at radius 2 is 1.86 bits per heavy atom. The number of aryl methyl sites for hydroxylation is 2. The van der Waals surface area contributed by atoms with Gasteiger partial charge in [-0.05, 0) is 55.5 Å². The van der Waals surface area contributed by atoms with Gasteiger partial charge in [0.2, 0.25) is 0 Å². The first kappa shape index (κ1) is 14.0. The van der Waals surface area contributed by atoms with E-state index in [2.05, 4.69) is 4.98 Å². The van der Waals surface area contributed by atoms with Crippen LogP contribution < -0.4 is 5.56 Å². The summed E-state index contributed by atoms with van der Waals surface area (Å²) in [7, 11) is 0. The highest BCUT2D eigenvalue weighted by Crippen LogP contribution is 2.33. The molecule has 5 heteroatoms. The fraction of sp³-hybridized carbons (Fsp3) is 0.294. The van der Waals surface area contributed by atoms with Crippen molar-refractivity contribution in [3.05, 3.63) is 50.1 Å². The second-order valence-electron chi connectivity index (χ2n) is 5.67. The van der Waals surface area contributed by atoms with Gasteiger partial charge in [0.05, 0.1) is 5.39 Å². The Balaban J connectivity index is 1.90. The Hall–Kier alpha value is -1.65. The zero-order valence-corrected chi connectivity index (χ0v) is 13.6. The molecule has 1 aliphatic rings. The molecule has 0 spiro atoms. The van der Waals surface area contributed by atoms with Gasteiger partial charge in [0.25, 0.3) is 5.56 Å². The van der Waals surface area contributed by atoms with E-state index in [-0.39, 0.29) is 5.56 Å². The predicted octanol–water partition coefficient (Wildman–Crippen LogP) is 4.57. The van der Waals surface area contributed by atoms with E-state index in [4.69, 9.17) is 16.6 Å². The summed E-state index contributed by atoms with van der Waals surface area (Å²) in [5, 5.41) is 1.48. The lowest BCUT2D eigenvalue weighted by atomic mass is 10.1. The van der Waals surface area contributed by atoms with Crippen LogP contribution in [0.4, 0.5) is 0 Å². The van der Waals surface area contributed by atoms with Gasteiger partial charge in [0.1, 0.15) is 10.7 Å². The van der Waals surface area contributed by atoms with Crippen molar-refractivity contribution < 1.29 is 0 Å². The topological polar surface area (TPSA) is 45.8 Å². The van der Waals surface area contributed by atoms with Crippen molar-refractivity contribution in [2.24, 2.45) is 0 Å². The number of thiophene rings is 1. The highest BCUT2D eigenvalue weighted by atomic mass is 35.5. The SMILES string of the molecule is O=c1[nH]c(-c2ccc(Cl)cc2)nc2sc3c(c12)CCCCC3. The predicted molar refractivity (Wildman–Crippen MR) is 91.9 cm³/mol. The summed E-state index contributed by atoms with van der Waals surface area (Å²) in [6.07, 6.45) is 5.70. The first-order valence-corrected chi connectivity index (χ1v) is 8.72. The number of nitrogens with zero attached hydrogens (tertiary/aromatic N) is 1. The minimum absolute atomic E-state index is 0.0191. The number of hydrogen-bond donors (Lipinski definition) is 1. The summed E-state index contributed by atoms with van der Waals surface area (Å²) in [6.45, 7) is 0. The van der Waals surface area contributed by atoms with Crippen LogP contribution in [-0.4, -0.2) is 9.97 Å². The third kappa shape index (κ3) is 2.36. The molecule has 3 nitrogen and oxygen atoms in total. The Bertz CT molecular complexity index is 895. The number of aromatic nitrogens is 2. The summed E-state index contributed by atoms with van der Waals surface area (Å²) in [4.78, 5) is 22.4. The van der Waals surface area contributed by atoms with Crippen LogP contribution in [0.5, 0.6) is 0 Å². The number of nitrogens with one attached hydrogen (secondary N) is 1. The van der Waals surface area contributed by atoms with Crippen LogP contribution in [0.1, 0.15) is 29.7 Å². The molecule has 2 aromatic heterocycles. The van der Waals surface area contributed by atoms with Crippen molar-refractivity contribution in [2.75, 3.05) is 0 Å². The van der Waals surface area contributed by atoms with E-state index in [0.717, 1.165) is 35.0 Å². The van der Waals surface area contributed by atoms with Crippen molar-refractivity contribution in [1.82, 2.24) is 9.97 Å². The highest BCUT2D eigenvalue weighted by Gasteiger charge is 2.19. The molecule has 1 N–H and O–H groups in total. The van der Waals surface area contributed by atoms with Gasteiger partial charge in [-0.15, -0.1) is 11.3 Å². The van der Waals surface area contributed by atoms with Crippen molar-refractivity contribution in [3.63, 3.8) is 0 Å². The van der Waals surface area contributed by atoms with E-state index in [0.29, 0.717) is 10.8 Å². The molecule has 0 unspecified atom stereocenters. The van der Waals surface area contributed by atoms with Crippen LogP contribution in [0.25, 0.3) is 21.6 Å². The van der Waals surface area contributed by atoms with Gasteiger partial charge in [-0.3, -0.25) is 4.79 Å². The van der Waals surface area contributed by atoms with Gasteiger partial charge in [0, 0.05) is 15.5 Å². The second-order valence-corrected chi connectivity index (χ2v) is 7.19. The molecule has 3 aromatic rings. The molecule has 4 rings (SSSR count). The zero-order valence-electron chi connectivity index (χ0n) is 12.0. The monoisotopic (exact) mass is 330 g/mol. The highest BCUT2D eigenvalue weighted by molar-refractivity contribution is 7.18. The average Bonchev–Trinajstić information content (AvgIpc) is 2.70. The molecular weight excluding hydrogens is 316 g/mol. The molecule has 112 valence electrons. The van der Waals surface area contributed by atoms with Gasteiger partial charge in [-0.1, -0.05) is 18.0 Å². The molecular formula is C17H15ClN2OS. The number of H-pyrrole nitrogens is 1. The van der Waals surface area contributed by atoms with Gasteiger partial charge in [-0.25, -0.2) is 4.98 Å². The Labute approximate surface area is 137 Å². The fourth-order valence-corrected chi connectivity index (χ4v) is 4.47. The Kier molecular flexibility index (Phi) is 3.51. The Morgan fingerprint density at radius 3 is 2.68 bits per heavy atom. The number of fused-ring (bicyclic) bond motifs is 3. The smallest absolute Gasteiger partial charge is 0.260 e. The number of rotatable bonds is 1. The van der Waals surface area contributed by atoms with E-state index in [1.165, 1.54) is 23.3 Å². The molecule has 0 saturated carbocycles. The normalized spacial score (nSPS) is 14.8. The molecule has 0 amide bonds. The largest absolute Gasteiger partial charge is 0.306 e. The zero-order chi connectivity index (χ0) is 15.1. The first-order chi connectivity index (χ1) is 10.7. The molecule has 1 aliphatic carbocycles. The third-order valence-corrected chi connectivity index (χ3v) is 5.63. The molecule has 0 bridgehead atoms. The van der Waals surface area contributed by atoms with Crippen LogP contribution in [0, 0.1) is 0 Å². The molecule has 2 heterocycles. The van der Waals surface area contributed by atoms with Gasteiger partial charge in [-0.2, -0.15) is 0 Å². The van der Waals surface area contributed by atoms with E-state index >= 15 is 0 Å². The number of hydrogen-bond acceptors (Lipinski definition) is 3. The maximum atomic E-state index is 12.6. The lowest BCUT2D eigenvalue weighted by Gasteiger charge is -2.02. The lowest BCUT2D eigenvalue weighted by Crippen LogP contribution is -2.10. The first-order valence-electron chi connectivity index (χ1n) is 7.53. The second kappa shape index (κ2) is 5.52. The summed E-state index contributed by atoms with van der Waals surface area (Å²) in [6, 6.07) is 7.38. The molecule has 1 aromatic carbocycles. The summed E-state index contributed by atoms with van der Waals surface area (Å²) in [5.41, 5.74) is 2.09. The van der Waals surface area contributed by atoms with E-state index in [1.54, 1.807) is 11.3 Å². The van der Waals surface area contributed by atoms with Gasteiger partial charge >= 0.3 is 0 Å². The van der Waals surface area contributed by atoms with Crippen LogP contribution >= 0.6 is 22.9 Å². The molecule has 0 fully saturated rings. The van der Waals surface area contributed by atoms with Crippen LogP contribution in [-0.2, 0) is 12.8 Å². The number of benzene rings is 1. The van der Waals surface area contributed by atoms with Gasteiger partial charge < -0.3 is 4.98 Å². The van der Waals surface area contributed by atoms with E-state index < -0.39 is 0 Å². The quantitative estimate of drug-likeness (QED) is 0.664. The minimum atomic E-state index is -0.0191. The van der Waals surface area contributed by atoms with E-state index in [9.17, 15) is 4.79 Å². The van der Waals surface area contributed by atoms with Crippen molar-refractivity contribution in [2.45, 2.75) is 32.1 Å². The van der Waals surface area contributed by atoms with E-state index in [1.807, 2.05) is 24.3 Å². The number of halogens is 1. The third-order valence-electron chi connectivity index (χ3n) is 4.19. The van der Waals surface area contributed by atoms with Crippen molar-refractivity contribution in [3.8, 4) is 11.4 Å². The molecule has 0 saturated heterocycles.